The van der Waals surface area contributed by atoms with Crippen molar-refractivity contribution in [3.05, 3.63) is 56.4 Å². The number of carboxylic acid groups (broad SMARTS) is 5. The number of carbonyl (C=O) groups is 7. The summed E-state index contributed by atoms with van der Waals surface area (Å²) < 4.78 is 25.5. The second kappa shape index (κ2) is 33.5. The molecule has 2 rings (SSSR count). The normalized spacial score (nSPS) is 11.4. The Bertz CT molecular complexity index is 1570. The number of unbranched alkanes of at least 4 members (excludes halogenated alkanes) is 2. The molecule has 25 heteroatoms. The van der Waals surface area contributed by atoms with Crippen molar-refractivity contribution >= 4 is 41.8 Å². The van der Waals surface area contributed by atoms with Crippen molar-refractivity contribution in [1.82, 2.24) is 40.0 Å². The molecule has 0 unspecified atom stereocenters. The fraction of sp³-hybridized carbons (Fsp3) is 0.515. The first-order valence-electron chi connectivity index (χ1n) is 16.7. The van der Waals surface area contributed by atoms with Crippen molar-refractivity contribution in [1.29, 1.82) is 0 Å². The molecule has 319 valence electrons. The summed E-state index contributed by atoms with van der Waals surface area (Å²) in [6.45, 7) is 14.1. The Balaban J connectivity index is -0.00000412. The van der Waals surface area contributed by atoms with Crippen LogP contribution in [0.5, 0.6) is 0 Å². The number of urea groups is 1. The predicted molar refractivity (Wildman–Crippen MR) is 186 cm³/mol. The maximum absolute atomic E-state index is 12.5. The quantitative estimate of drug-likeness (QED) is 0.0310. The van der Waals surface area contributed by atoms with E-state index < -0.39 is 66.3 Å². The zero-order chi connectivity index (χ0) is 43.9. The first-order chi connectivity index (χ1) is 27.2. The molecule has 2 aromatic heterocycles. The first kappa shape index (κ1) is 56.6. The summed E-state index contributed by atoms with van der Waals surface area (Å²) in [5.74, 6) is -5.55. The maximum Gasteiger partial charge on any atom is 0 e. The molecule has 1 radical (unpaired) electrons. The zero-order valence-electron chi connectivity index (χ0n) is 31.0. The van der Waals surface area contributed by atoms with Gasteiger partial charge in [-0.15, -0.1) is 0 Å². The van der Waals surface area contributed by atoms with E-state index in [4.69, 9.17) is 29.9 Å². The van der Waals surface area contributed by atoms with Gasteiger partial charge in [-0.3, -0.25) is 24.1 Å². The molecule has 3 amide bonds. The van der Waals surface area contributed by atoms with E-state index in [1.807, 2.05) is 4.90 Å². The van der Waals surface area contributed by atoms with E-state index in [-0.39, 0.29) is 72.4 Å². The van der Waals surface area contributed by atoms with Gasteiger partial charge in [-0.1, -0.05) is 6.42 Å². The van der Waals surface area contributed by atoms with Crippen LogP contribution in [0.3, 0.4) is 0 Å². The molecule has 2 heterocycles. The third-order valence-corrected chi connectivity index (χ3v) is 7.59. The summed E-state index contributed by atoms with van der Waals surface area (Å²) in [4.78, 5) is 91.2. The summed E-state index contributed by atoms with van der Waals surface area (Å²) in [7, 11) is 0. The Morgan fingerprint density at radius 3 is 1.57 bits per heavy atom. The number of nitrogens with two attached hydrogens (primary N) is 1. The molecule has 0 aliphatic rings. The number of carbonyl (C=O) groups excluding carboxylic acids is 2. The topological polar surface area (TPSA) is 381 Å². The Morgan fingerprint density at radius 2 is 1.14 bits per heavy atom. The van der Waals surface area contributed by atoms with Crippen LogP contribution in [0.1, 0.15) is 63.0 Å². The van der Waals surface area contributed by atoms with E-state index in [0.29, 0.717) is 43.9 Å². The Morgan fingerprint density at radius 1 is 0.690 bits per heavy atom. The van der Waals surface area contributed by atoms with Gasteiger partial charge < -0.3 is 56.4 Å². The van der Waals surface area contributed by atoms with Crippen molar-refractivity contribution in [3.8, 4) is 0 Å². The molecule has 24 nitrogen and oxygen atoms in total. The van der Waals surface area contributed by atoms with Crippen LogP contribution in [0, 0.1) is 20.0 Å². The molecule has 3 atom stereocenters. The first-order valence-corrected chi connectivity index (χ1v) is 16.7. The molecule has 0 aliphatic heterocycles. The SMILES string of the molecule is N[C@@H](CCCCN(Cc1nccn1CC(=O)O)Cc1nccn1CC(=O)O)C(=O)NCCCC[C@H](NC(=O)N[C@H](CCC(=O)O)C(=O)O)C(=O)O.[C-]#[O+].[C-]#[O+].[C-]#[O+].[Re]. The van der Waals surface area contributed by atoms with E-state index in [0.717, 1.165) is 0 Å². The molecule has 0 fully saturated rings. The second-order valence-corrected chi connectivity index (χ2v) is 11.7. The largest absolute Gasteiger partial charge is 0 e. The standard InChI is InChI=1S/C30H45N9O12.3CO.Re/c31-19(27(46)34-9-3-1-6-20(28(47)48)35-30(51)36-21(29(49)50)7-8-24(40)41)5-2-4-12-37(15-22-32-10-13-38(22)17-25(42)43)16-23-33-11-14-39(23)18-26(44)45;3*1-2;/h10-11,13-14,19-21H,1-9,12,15-18,31H2,(H,34,46)(H,40,41)(H,42,43)(H,44,45)(H,47,48)(H,49,50)(H2,35,36,51);;;;/t19-,20-,21+;;;;/m0..../s1. The van der Waals surface area contributed by atoms with E-state index in [9.17, 15) is 48.9 Å². The molecule has 2 aromatic rings. The number of amides is 3. The molecule has 0 saturated heterocycles. The minimum atomic E-state index is -1.52. The number of rotatable bonds is 26. The van der Waals surface area contributed by atoms with Gasteiger partial charge in [0.2, 0.25) is 5.91 Å². The molecule has 0 spiro atoms. The Labute approximate surface area is 345 Å². The fourth-order valence-electron chi connectivity index (χ4n) is 4.96. The van der Waals surface area contributed by atoms with Gasteiger partial charge in [0.15, 0.2) is 0 Å². The molecule has 0 aliphatic carbocycles. The van der Waals surface area contributed by atoms with Crippen molar-refractivity contribution < 1.29 is 93.5 Å². The number of carboxylic acids is 5. The van der Waals surface area contributed by atoms with Gasteiger partial charge in [0.25, 0.3) is 0 Å². The van der Waals surface area contributed by atoms with E-state index in [2.05, 4.69) is 45.9 Å². The second-order valence-electron chi connectivity index (χ2n) is 11.7. The summed E-state index contributed by atoms with van der Waals surface area (Å²) in [6, 6.07) is -4.78. The van der Waals surface area contributed by atoms with Crippen LogP contribution in [-0.2, 0) is 89.3 Å². The number of imidazole rings is 2. The van der Waals surface area contributed by atoms with Gasteiger partial charge in [0.1, 0.15) is 36.8 Å². The van der Waals surface area contributed by atoms with Crippen LogP contribution in [0.25, 0.3) is 0 Å². The number of hydrogen-bond acceptors (Lipinski definition) is 11. The molecule has 0 aromatic carbocycles. The molecule has 58 heavy (non-hydrogen) atoms. The third kappa shape index (κ3) is 24.7. The van der Waals surface area contributed by atoms with Gasteiger partial charge in [-0.25, -0.2) is 24.4 Å². The summed E-state index contributed by atoms with van der Waals surface area (Å²) in [5, 5.41) is 52.7. The van der Waals surface area contributed by atoms with Crippen LogP contribution in [0.4, 0.5) is 4.79 Å². The van der Waals surface area contributed by atoms with Crippen LogP contribution in [-0.4, -0.2) is 123 Å². The average molecular weight is 994 g/mol. The number of nitrogens with zero attached hydrogens (tertiary/aromatic N) is 5. The van der Waals surface area contributed by atoms with Crippen molar-refractivity contribution in [2.24, 2.45) is 5.73 Å². The monoisotopic (exact) mass is 994 g/mol. The molecule has 0 saturated carbocycles. The Hall–Kier alpha value is -5.69. The number of aromatic nitrogens is 4. The van der Waals surface area contributed by atoms with Gasteiger partial charge in [0, 0.05) is 58.2 Å². The van der Waals surface area contributed by atoms with E-state index in [1.165, 1.54) is 21.5 Å². The fourth-order valence-corrected chi connectivity index (χ4v) is 4.96. The van der Waals surface area contributed by atoms with Gasteiger partial charge in [-0.2, -0.15) is 0 Å². The summed E-state index contributed by atoms with van der Waals surface area (Å²) >= 11 is 0. The predicted octanol–water partition coefficient (Wildman–Crippen LogP) is -1.01. The van der Waals surface area contributed by atoms with Gasteiger partial charge in [-0.05, 0) is 45.1 Å². The number of aliphatic carboxylic acids is 5. The molecular formula is C33H45N9O15Re. The van der Waals surface area contributed by atoms with Gasteiger partial charge in [0.05, 0.1) is 19.1 Å². The van der Waals surface area contributed by atoms with Gasteiger partial charge >= 0.3 is 69.8 Å². The summed E-state index contributed by atoms with van der Waals surface area (Å²) in [5.41, 5.74) is 6.07. The van der Waals surface area contributed by atoms with Crippen molar-refractivity contribution in [2.45, 2.75) is 95.7 Å². The molecular weight excluding hydrogens is 949 g/mol. The van der Waals surface area contributed by atoms with Crippen LogP contribution >= 0.6 is 0 Å². The minimum absolute atomic E-state index is 0. The van der Waals surface area contributed by atoms with Crippen LogP contribution < -0.4 is 21.7 Å². The average Bonchev–Trinajstić information content (AvgIpc) is 3.80. The van der Waals surface area contributed by atoms with E-state index >= 15 is 0 Å². The Kier molecular flexibility index (Phi) is 32.7. The van der Waals surface area contributed by atoms with Crippen molar-refractivity contribution in [3.63, 3.8) is 0 Å². The molecule has 10 N–H and O–H groups in total. The van der Waals surface area contributed by atoms with Crippen LogP contribution in [0.15, 0.2) is 24.8 Å². The molecule has 0 bridgehead atoms. The number of hydrogen-bond donors (Lipinski definition) is 9. The zero-order valence-corrected chi connectivity index (χ0v) is 33.7. The number of nitrogens with one attached hydrogen (secondary N) is 3. The smallest absolute Gasteiger partial charge is 0 e. The maximum atomic E-state index is 12.5. The third-order valence-electron chi connectivity index (χ3n) is 7.59. The summed E-state index contributed by atoms with van der Waals surface area (Å²) in [6.07, 6.45) is 7.27. The van der Waals surface area contributed by atoms with Crippen LogP contribution in [0.2, 0.25) is 0 Å². The minimum Gasteiger partial charge on any atom is 0 e. The van der Waals surface area contributed by atoms with Crippen molar-refractivity contribution in [2.75, 3.05) is 13.1 Å². The van der Waals surface area contributed by atoms with E-state index in [1.54, 1.807) is 12.4 Å².